The molecule has 1 fully saturated rings. The summed E-state index contributed by atoms with van der Waals surface area (Å²) in [7, 11) is 0. The minimum atomic E-state index is -0.296. The highest BCUT2D eigenvalue weighted by molar-refractivity contribution is 5.94. The van der Waals surface area contributed by atoms with Gasteiger partial charge in [0.25, 0.3) is 5.91 Å². The van der Waals surface area contributed by atoms with Crippen molar-refractivity contribution >= 4 is 5.91 Å². The van der Waals surface area contributed by atoms with Crippen molar-refractivity contribution in [3.05, 3.63) is 65.2 Å². The van der Waals surface area contributed by atoms with E-state index in [-0.39, 0.29) is 24.3 Å². The van der Waals surface area contributed by atoms with Gasteiger partial charge >= 0.3 is 0 Å². The molecule has 1 unspecified atom stereocenters. The maximum absolute atomic E-state index is 13.5. The van der Waals surface area contributed by atoms with Crippen molar-refractivity contribution in [1.82, 2.24) is 15.2 Å². The van der Waals surface area contributed by atoms with E-state index in [1.54, 1.807) is 29.3 Å². The molecule has 1 aromatic carbocycles. The molecule has 120 valence electrons. The van der Waals surface area contributed by atoms with Crippen LogP contribution >= 0.6 is 0 Å². The van der Waals surface area contributed by atoms with Gasteiger partial charge in [0.05, 0.1) is 11.7 Å². The third-order valence-corrected chi connectivity index (χ3v) is 4.01. The number of benzene rings is 1. The topological polar surface area (TPSA) is 71.2 Å². The molecule has 3 rings (SSSR count). The molecular weight excluding hydrogens is 295 g/mol. The maximum Gasteiger partial charge on any atom is 0.254 e. The van der Waals surface area contributed by atoms with Crippen LogP contribution in [0.2, 0.25) is 0 Å². The van der Waals surface area contributed by atoms with E-state index >= 15 is 0 Å². The molecule has 5 nitrogen and oxygen atoms in total. The van der Waals surface area contributed by atoms with Crippen molar-refractivity contribution in [1.29, 1.82) is 0 Å². The predicted molar refractivity (Wildman–Crippen MR) is 85.2 cm³/mol. The van der Waals surface area contributed by atoms with Gasteiger partial charge in [0.1, 0.15) is 5.82 Å². The van der Waals surface area contributed by atoms with Crippen LogP contribution in [0.15, 0.2) is 42.6 Å². The number of hydrogen-bond acceptors (Lipinski definition) is 4. The Labute approximate surface area is 134 Å². The highest BCUT2D eigenvalue weighted by atomic mass is 19.1. The Balaban J connectivity index is 1.90. The molecule has 0 spiro atoms. The number of pyridine rings is 1. The number of amides is 1. The first-order chi connectivity index (χ1) is 11.2. The Morgan fingerprint density at radius 2 is 2.26 bits per heavy atom. The van der Waals surface area contributed by atoms with Gasteiger partial charge in [-0.05, 0) is 29.8 Å². The fraction of sp³-hybridized carbons (Fsp3) is 0.294. The Morgan fingerprint density at radius 1 is 1.39 bits per heavy atom. The molecule has 1 aromatic heterocycles. The summed E-state index contributed by atoms with van der Waals surface area (Å²) in [5, 5.41) is 3.26. The van der Waals surface area contributed by atoms with Crippen molar-refractivity contribution in [2.24, 2.45) is 5.73 Å². The average molecular weight is 314 g/mol. The zero-order valence-electron chi connectivity index (χ0n) is 12.7. The van der Waals surface area contributed by atoms with Crippen LogP contribution in [-0.2, 0) is 6.54 Å². The number of nitrogens with two attached hydrogens (primary N) is 1. The monoisotopic (exact) mass is 314 g/mol. The number of piperazine rings is 1. The molecular formula is C17H19FN4O. The Morgan fingerprint density at radius 3 is 3.04 bits per heavy atom. The molecule has 2 heterocycles. The molecule has 1 amide bonds. The summed E-state index contributed by atoms with van der Waals surface area (Å²) in [5.74, 6) is -0.382. The van der Waals surface area contributed by atoms with Gasteiger partial charge in [-0.2, -0.15) is 0 Å². The fourth-order valence-corrected chi connectivity index (χ4v) is 2.85. The van der Waals surface area contributed by atoms with E-state index in [0.717, 1.165) is 5.56 Å². The first-order valence-corrected chi connectivity index (χ1v) is 7.61. The molecule has 0 bridgehead atoms. The van der Waals surface area contributed by atoms with E-state index in [9.17, 15) is 9.18 Å². The lowest BCUT2D eigenvalue weighted by atomic mass is 10.0. The van der Waals surface area contributed by atoms with E-state index in [4.69, 9.17) is 5.73 Å². The molecule has 1 aliphatic rings. The fourth-order valence-electron chi connectivity index (χ4n) is 2.85. The largest absolute Gasteiger partial charge is 0.329 e. The number of carbonyl (C=O) groups excluding carboxylic acids is 1. The first kappa shape index (κ1) is 15.6. The number of rotatable bonds is 3. The van der Waals surface area contributed by atoms with E-state index in [1.165, 1.54) is 12.1 Å². The van der Waals surface area contributed by atoms with Gasteiger partial charge in [-0.25, -0.2) is 4.39 Å². The van der Waals surface area contributed by atoms with Crippen molar-refractivity contribution in [3.8, 4) is 0 Å². The van der Waals surface area contributed by atoms with Crippen molar-refractivity contribution < 1.29 is 9.18 Å². The number of aromatic nitrogens is 1. The smallest absolute Gasteiger partial charge is 0.254 e. The number of carbonyl (C=O) groups is 1. The summed E-state index contributed by atoms with van der Waals surface area (Å²) in [5.41, 5.74) is 7.62. The molecule has 2 aromatic rings. The van der Waals surface area contributed by atoms with Crippen molar-refractivity contribution in [3.63, 3.8) is 0 Å². The van der Waals surface area contributed by atoms with Gasteiger partial charge in [0, 0.05) is 37.9 Å². The van der Waals surface area contributed by atoms with Crippen LogP contribution in [0.3, 0.4) is 0 Å². The molecule has 6 heteroatoms. The first-order valence-electron chi connectivity index (χ1n) is 7.61. The van der Waals surface area contributed by atoms with Crippen LogP contribution in [0.25, 0.3) is 0 Å². The highest BCUT2D eigenvalue weighted by Gasteiger charge is 2.28. The van der Waals surface area contributed by atoms with Crippen LogP contribution in [0, 0.1) is 5.82 Å². The standard InChI is InChI=1S/C17H19FN4O/c18-14-3-1-2-12(8-14)16-11-20-6-7-22(16)17(23)13-4-5-21-15(9-13)10-19/h1-5,8-9,16,20H,6-7,10-11,19H2. The zero-order valence-corrected chi connectivity index (χ0v) is 12.7. The average Bonchev–Trinajstić information content (AvgIpc) is 2.61. The molecule has 23 heavy (non-hydrogen) atoms. The van der Waals surface area contributed by atoms with Crippen LogP contribution < -0.4 is 11.1 Å². The normalized spacial score (nSPS) is 18.0. The van der Waals surface area contributed by atoms with Gasteiger partial charge < -0.3 is 16.0 Å². The molecule has 0 saturated carbocycles. The molecule has 1 aliphatic heterocycles. The summed E-state index contributed by atoms with van der Waals surface area (Å²) < 4.78 is 13.5. The van der Waals surface area contributed by atoms with E-state index in [2.05, 4.69) is 10.3 Å². The van der Waals surface area contributed by atoms with Crippen LogP contribution in [0.4, 0.5) is 4.39 Å². The molecule has 0 radical (unpaired) electrons. The second-order valence-corrected chi connectivity index (χ2v) is 5.51. The molecule has 1 atom stereocenters. The number of nitrogens with zero attached hydrogens (tertiary/aromatic N) is 2. The molecule has 0 aliphatic carbocycles. The van der Waals surface area contributed by atoms with Gasteiger partial charge in [0.15, 0.2) is 0 Å². The number of hydrogen-bond donors (Lipinski definition) is 2. The lowest BCUT2D eigenvalue weighted by Gasteiger charge is -2.36. The van der Waals surface area contributed by atoms with Gasteiger partial charge in [-0.15, -0.1) is 0 Å². The van der Waals surface area contributed by atoms with Gasteiger partial charge in [-0.1, -0.05) is 12.1 Å². The quantitative estimate of drug-likeness (QED) is 0.900. The van der Waals surface area contributed by atoms with E-state index < -0.39 is 0 Å². The molecule has 1 saturated heterocycles. The second kappa shape index (κ2) is 6.85. The van der Waals surface area contributed by atoms with E-state index in [0.29, 0.717) is 30.9 Å². The predicted octanol–water partition coefficient (Wildman–Crippen LogP) is 1.47. The third kappa shape index (κ3) is 3.38. The summed E-state index contributed by atoms with van der Waals surface area (Å²) in [6, 6.07) is 9.61. The Hall–Kier alpha value is -2.31. The SMILES string of the molecule is NCc1cc(C(=O)N2CCNCC2c2cccc(F)c2)ccn1. The molecule has 3 N–H and O–H groups in total. The minimum absolute atomic E-state index is 0.0853. The number of halogens is 1. The van der Waals surface area contributed by atoms with Crippen LogP contribution in [-0.4, -0.2) is 35.4 Å². The summed E-state index contributed by atoms with van der Waals surface area (Å²) in [4.78, 5) is 18.8. The number of nitrogens with one attached hydrogen (secondary N) is 1. The van der Waals surface area contributed by atoms with Gasteiger partial charge in [-0.3, -0.25) is 9.78 Å². The van der Waals surface area contributed by atoms with Crippen molar-refractivity contribution in [2.45, 2.75) is 12.6 Å². The lowest BCUT2D eigenvalue weighted by Crippen LogP contribution is -2.48. The zero-order chi connectivity index (χ0) is 16.2. The second-order valence-electron chi connectivity index (χ2n) is 5.51. The highest BCUT2D eigenvalue weighted by Crippen LogP contribution is 2.24. The lowest BCUT2D eigenvalue weighted by molar-refractivity contribution is 0.0633. The Kier molecular flexibility index (Phi) is 4.64. The third-order valence-electron chi connectivity index (χ3n) is 4.01. The summed E-state index contributed by atoms with van der Waals surface area (Å²) >= 11 is 0. The Bertz CT molecular complexity index is 706. The van der Waals surface area contributed by atoms with Crippen LogP contribution in [0.1, 0.15) is 27.7 Å². The minimum Gasteiger partial charge on any atom is -0.329 e. The summed E-state index contributed by atoms with van der Waals surface area (Å²) in [6.07, 6.45) is 1.59. The van der Waals surface area contributed by atoms with Crippen molar-refractivity contribution in [2.75, 3.05) is 19.6 Å². The van der Waals surface area contributed by atoms with Crippen LogP contribution in [0.5, 0.6) is 0 Å². The maximum atomic E-state index is 13.5. The van der Waals surface area contributed by atoms with E-state index in [1.807, 2.05) is 6.07 Å². The summed E-state index contributed by atoms with van der Waals surface area (Å²) in [6.45, 7) is 2.17. The van der Waals surface area contributed by atoms with Gasteiger partial charge in [0.2, 0.25) is 0 Å².